The predicted molar refractivity (Wildman–Crippen MR) is 110 cm³/mol. The van der Waals surface area contributed by atoms with Gasteiger partial charge in [-0.1, -0.05) is 0 Å². The second-order valence-corrected chi connectivity index (χ2v) is 7.48. The first-order valence-corrected chi connectivity index (χ1v) is 9.90. The van der Waals surface area contributed by atoms with Gasteiger partial charge in [0, 0.05) is 55.1 Å². The van der Waals surface area contributed by atoms with Crippen molar-refractivity contribution in [2.45, 2.75) is 25.7 Å². The SMILES string of the molecule is COCOc1cc([N+](=O)[O-])cc2c1c(C)c(C1CCOCC1)n2-c1ccc(F)c(F)c1. The molecule has 0 unspecified atom stereocenters. The second-order valence-electron chi connectivity index (χ2n) is 7.48. The van der Waals surface area contributed by atoms with Crippen LogP contribution >= 0.6 is 0 Å². The van der Waals surface area contributed by atoms with Crippen molar-refractivity contribution in [3.63, 3.8) is 0 Å². The maximum absolute atomic E-state index is 14.1. The van der Waals surface area contributed by atoms with Crippen LogP contribution in [0.25, 0.3) is 16.6 Å². The molecular formula is C22H22F2N2O5. The number of halogens is 2. The fraction of sp³-hybridized carbons (Fsp3) is 0.364. The molecule has 3 aromatic rings. The number of ether oxygens (including phenoxy) is 3. The van der Waals surface area contributed by atoms with Crippen LogP contribution < -0.4 is 4.74 Å². The monoisotopic (exact) mass is 432 g/mol. The van der Waals surface area contributed by atoms with Crippen molar-refractivity contribution in [1.29, 1.82) is 0 Å². The van der Waals surface area contributed by atoms with Gasteiger partial charge in [0.2, 0.25) is 0 Å². The lowest BCUT2D eigenvalue weighted by Gasteiger charge is -2.25. The minimum Gasteiger partial charge on any atom is -0.467 e. The summed E-state index contributed by atoms with van der Waals surface area (Å²) >= 11 is 0. The van der Waals surface area contributed by atoms with Crippen molar-refractivity contribution in [2.75, 3.05) is 27.1 Å². The fourth-order valence-electron chi connectivity index (χ4n) is 4.27. The number of hydrogen-bond donors (Lipinski definition) is 0. The molecule has 1 aliphatic heterocycles. The number of methoxy groups -OCH3 is 1. The molecule has 2 aromatic carbocycles. The van der Waals surface area contributed by atoms with Crippen LogP contribution in [0.5, 0.6) is 5.75 Å². The van der Waals surface area contributed by atoms with Crippen molar-refractivity contribution in [1.82, 2.24) is 4.57 Å². The Labute approximate surface area is 177 Å². The Bertz CT molecular complexity index is 1140. The van der Waals surface area contributed by atoms with E-state index < -0.39 is 16.6 Å². The molecule has 31 heavy (non-hydrogen) atoms. The molecular weight excluding hydrogens is 410 g/mol. The average molecular weight is 432 g/mol. The quantitative estimate of drug-likeness (QED) is 0.311. The lowest BCUT2D eigenvalue weighted by atomic mass is 9.93. The highest BCUT2D eigenvalue weighted by Crippen LogP contribution is 2.43. The number of non-ortho nitro benzene ring substituents is 1. The van der Waals surface area contributed by atoms with Gasteiger partial charge in [-0.2, -0.15) is 0 Å². The van der Waals surface area contributed by atoms with Crippen LogP contribution in [0.3, 0.4) is 0 Å². The standard InChI is InChI=1S/C22H22F2N2O5/c1-13-21-19(10-16(26(27)28)11-20(21)31-12-29-2)25(15-3-4-17(23)18(24)9-15)22(13)14-5-7-30-8-6-14/h3-4,9-11,14H,5-8,12H2,1-2H3. The van der Waals surface area contributed by atoms with Gasteiger partial charge >= 0.3 is 0 Å². The van der Waals surface area contributed by atoms with Gasteiger partial charge in [-0.3, -0.25) is 10.1 Å². The number of nitro benzene ring substituents is 1. The zero-order chi connectivity index (χ0) is 22.1. The van der Waals surface area contributed by atoms with Crippen LogP contribution in [0, 0.1) is 28.7 Å². The molecule has 164 valence electrons. The molecule has 0 radical (unpaired) electrons. The molecule has 0 saturated carbocycles. The van der Waals surface area contributed by atoms with Gasteiger partial charge in [-0.05, 0) is 37.5 Å². The number of benzene rings is 2. The lowest BCUT2D eigenvalue weighted by Crippen LogP contribution is -2.17. The maximum Gasteiger partial charge on any atom is 0.275 e. The molecule has 0 spiro atoms. The van der Waals surface area contributed by atoms with Gasteiger partial charge in [0.05, 0.1) is 16.5 Å². The molecule has 0 amide bonds. The van der Waals surface area contributed by atoms with E-state index in [9.17, 15) is 18.9 Å². The van der Waals surface area contributed by atoms with Crippen LogP contribution in [0.2, 0.25) is 0 Å². The molecule has 4 rings (SSSR count). The van der Waals surface area contributed by atoms with Crippen LogP contribution in [0.15, 0.2) is 30.3 Å². The topological polar surface area (TPSA) is 75.8 Å². The van der Waals surface area contributed by atoms with Crippen LogP contribution in [0.1, 0.15) is 30.0 Å². The summed E-state index contributed by atoms with van der Waals surface area (Å²) in [5.41, 5.74) is 2.46. The third kappa shape index (κ3) is 3.86. The highest BCUT2D eigenvalue weighted by molar-refractivity contribution is 5.94. The smallest absolute Gasteiger partial charge is 0.275 e. The molecule has 7 nitrogen and oxygen atoms in total. The summed E-state index contributed by atoms with van der Waals surface area (Å²) in [5.74, 6) is -1.56. The summed E-state index contributed by atoms with van der Waals surface area (Å²) in [4.78, 5) is 11.1. The van der Waals surface area contributed by atoms with E-state index in [0.29, 0.717) is 35.6 Å². The van der Waals surface area contributed by atoms with Crippen molar-refractivity contribution in [3.05, 3.63) is 63.3 Å². The first-order chi connectivity index (χ1) is 14.9. The minimum atomic E-state index is -0.990. The molecule has 1 saturated heterocycles. The van der Waals surface area contributed by atoms with Crippen molar-refractivity contribution in [3.8, 4) is 11.4 Å². The minimum absolute atomic E-state index is 0.0847. The van der Waals surface area contributed by atoms with Crippen molar-refractivity contribution < 1.29 is 27.9 Å². The third-order valence-electron chi connectivity index (χ3n) is 5.62. The van der Waals surface area contributed by atoms with E-state index >= 15 is 0 Å². The number of rotatable bonds is 6. The van der Waals surface area contributed by atoms with Gasteiger partial charge in [-0.25, -0.2) is 8.78 Å². The first-order valence-electron chi connectivity index (χ1n) is 9.90. The van der Waals surface area contributed by atoms with E-state index in [1.807, 2.05) is 6.92 Å². The highest BCUT2D eigenvalue weighted by atomic mass is 19.2. The molecule has 9 heteroatoms. The predicted octanol–water partition coefficient (Wildman–Crippen LogP) is 5.00. The van der Waals surface area contributed by atoms with Crippen molar-refractivity contribution >= 4 is 16.6 Å². The van der Waals surface area contributed by atoms with E-state index in [1.165, 1.54) is 25.3 Å². The molecule has 0 aliphatic carbocycles. The number of nitrogens with zero attached hydrogens (tertiary/aromatic N) is 2. The Morgan fingerprint density at radius 3 is 2.58 bits per heavy atom. The van der Waals surface area contributed by atoms with E-state index in [0.717, 1.165) is 36.2 Å². The Hall–Kier alpha value is -3.04. The number of nitro groups is 1. The van der Waals surface area contributed by atoms with Crippen LogP contribution in [-0.4, -0.2) is 36.6 Å². The van der Waals surface area contributed by atoms with Crippen molar-refractivity contribution in [2.24, 2.45) is 0 Å². The summed E-state index contributed by atoms with van der Waals surface area (Å²) < 4.78 is 45.7. The molecule has 0 bridgehead atoms. The molecule has 0 N–H and O–H groups in total. The summed E-state index contributed by atoms with van der Waals surface area (Å²) in [6.07, 6.45) is 1.49. The Morgan fingerprint density at radius 1 is 1.19 bits per heavy atom. The van der Waals surface area contributed by atoms with Crippen LogP contribution in [0.4, 0.5) is 14.5 Å². The zero-order valence-electron chi connectivity index (χ0n) is 17.2. The summed E-state index contributed by atoms with van der Waals surface area (Å²) in [5, 5.41) is 12.3. The lowest BCUT2D eigenvalue weighted by molar-refractivity contribution is -0.384. The zero-order valence-corrected chi connectivity index (χ0v) is 17.2. The molecule has 2 heterocycles. The molecule has 1 aliphatic rings. The van der Waals surface area contributed by atoms with Gasteiger partial charge in [0.15, 0.2) is 18.4 Å². The fourth-order valence-corrected chi connectivity index (χ4v) is 4.27. The van der Waals surface area contributed by atoms with E-state index in [2.05, 4.69) is 0 Å². The van der Waals surface area contributed by atoms with E-state index in [4.69, 9.17) is 14.2 Å². The van der Waals surface area contributed by atoms with Gasteiger partial charge < -0.3 is 18.8 Å². The largest absolute Gasteiger partial charge is 0.467 e. The second kappa shape index (κ2) is 8.60. The third-order valence-corrected chi connectivity index (χ3v) is 5.62. The molecule has 1 aromatic heterocycles. The van der Waals surface area contributed by atoms with Crippen LogP contribution in [-0.2, 0) is 9.47 Å². The maximum atomic E-state index is 14.1. The Balaban J connectivity index is 2.06. The average Bonchev–Trinajstić information content (AvgIpc) is 3.07. The van der Waals surface area contributed by atoms with Gasteiger partial charge in [0.1, 0.15) is 5.75 Å². The normalized spacial score (nSPS) is 14.8. The van der Waals surface area contributed by atoms with E-state index in [-0.39, 0.29) is 18.4 Å². The molecule has 1 fully saturated rings. The number of aryl methyl sites for hydroxylation is 1. The Kier molecular flexibility index (Phi) is 5.88. The number of hydrogen-bond acceptors (Lipinski definition) is 5. The highest BCUT2D eigenvalue weighted by Gasteiger charge is 2.28. The number of fused-ring (bicyclic) bond motifs is 1. The van der Waals surface area contributed by atoms with Gasteiger partial charge in [0.25, 0.3) is 5.69 Å². The number of aromatic nitrogens is 1. The summed E-state index contributed by atoms with van der Waals surface area (Å²) in [6.45, 7) is 2.99. The molecule has 0 atom stereocenters. The summed E-state index contributed by atoms with van der Waals surface area (Å²) in [7, 11) is 1.46. The summed E-state index contributed by atoms with van der Waals surface area (Å²) in [6, 6.07) is 6.42. The first kappa shape index (κ1) is 21.2. The van der Waals surface area contributed by atoms with Gasteiger partial charge in [-0.15, -0.1) is 0 Å². The van der Waals surface area contributed by atoms with E-state index in [1.54, 1.807) is 4.57 Å². The Morgan fingerprint density at radius 2 is 1.94 bits per heavy atom.